The number of nitrogens with zero attached hydrogens (tertiary/aromatic N) is 1. The van der Waals surface area contributed by atoms with E-state index in [1.54, 1.807) is 24.3 Å². The van der Waals surface area contributed by atoms with Crippen molar-refractivity contribution < 1.29 is 14.3 Å². The number of hydrogen-bond donors (Lipinski definition) is 2. The topological polar surface area (TPSA) is 70.7 Å². The van der Waals surface area contributed by atoms with E-state index in [-0.39, 0.29) is 18.4 Å². The van der Waals surface area contributed by atoms with Crippen LogP contribution in [0.2, 0.25) is 0 Å². The molecule has 2 aromatic rings. The highest BCUT2D eigenvalue weighted by Gasteiger charge is 2.07. The number of ether oxygens (including phenoxy) is 1. The van der Waals surface area contributed by atoms with Crippen molar-refractivity contribution in [2.24, 2.45) is 0 Å². The summed E-state index contributed by atoms with van der Waals surface area (Å²) >= 11 is 0. The van der Waals surface area contributed by atoms with E-state index in [0.717, 1.165) is 11.3 Å². The third-order valence-electron chi connectivity index (χ3n) is 3.50. The Bertz CT molecular complexity index is 727. The monoisotopic (exact) mass is 341 g/mol. The number of para-hydroxylation sites is 2. The van der Waals surface area contributed by atoms with Gasteiger partial charge >= 0.3 is 0 Å². The smallest absolute Gasteiger partial charge is 0.258 e. The van der Waals surface area contributed by atoms with Gasteiger partial charge in [0.15, 0.2) is 6.61 Å². The summed E-state index contributed by atoms with van der Waals surface area (Å²) in [6.45, 7) is 1.74. The molecule has 2 aromatic carbocycles. The summed E-state index contributed by atoms with van der Waals surface area (Å²) in [6.07, 6.45) is 0. The highest BCUT2D eigenvalue weighted by molar-refractivity contribution is 5.90. The zero-order valence-corrected chi connectivity index (χ0v) is 14.7. The third kappa shape index (κ3) is 5.84. The molecule has 0 saturated heterocycles. The molecule has 0 aliphatic heterocycles. The number of carbonyl (C=O) groups is 2. The van der Waals surface area contributed by atoms with Gasteiger partial charge in [-0.3, -0.25) is 9.59 Å². The van der Waals surface area contributed by atoms with Crippen molar-refractivity contribution in [2.75, 3.05) is 30.9 Å². The average Bonchev–Trinajstić information content (AvgIpc) is 2.59. The van der Waals surface area contributed by atoms with E-state index in [1.807, 2.05) is 43.3 Å². The van der Waals surface area contributed by atoms with E-state index in [4.69, 9.17) is 4.74 Å². The number of nitrogens with one attached hydrogen (secondary N) is 2. The molecule has 132 valence electrons. The molecule has 0 aliphatic carbocycles. The first-order valence-corrected chi connectivity index (χ1v) is 7.98. The molecule has 6 nitrogen and oxygen atoms in total. The second-order valence-corrected chi connectivity index (χ2v) is 5.80. The van der Waals surface area contributed by atoms with Crippen LogP contribution in [0.25, 0.3) is 0 Å². The van der Waals surface area contributed by atoms with Crippen LogP contribution >= 0.6 is 0 Å². The number of amides is 2. The molecule has 0 atom stereocenters. The predicted octanol–water partition coefficient (Wildman–Crippen LogP) is 2.41. The molecule has 25 heavy (non-hydrogen) atoms. The molecule has 2 N–H and O–H groups in total. The molecule has 2 rings (SSSR count). The van der Waals surface area contributed by atoms with Gasteiger partial charge in [0.2, 0.25) is 5.91 Å². The van der Waals surface area contributed by atoms with Crippen LogP contribution in [0.4, 0.5) is 11.4 Å². The number of benzene rings is 2. The predicted molar refractivity (Wildman–Crippen MR) is 98.9 cm³/mol. The minimum atomic E-state index is -0.227. The second-order valence-electron chi connectivity index (χ2n) is 5.80. The zero-order valence-electron chi connectivity index (χ0n) is 14.7. The maximum absolute atomic E-state index is 12.0. The van der Waals surface area contributed by atoms with Gasteiger partial charge in [0.05, 0.1) is 5.69 Å². The normalized spacial score (nSPS) is 10.0. The lowest BCUT2D eigenvalue weighted by atomic mass is 10.2. The van der Waals surface area contributed by atoms with Crippen molar-refractivity contribution in [1.29, 1.82) is 0 Å². The fraction of sp³-hybridized carbons (Fsp3) is 0.263. The van der Waals surface area contributed by atoms with Crippen LogP contribution in [0.1, 0.15) is 12.5 Å². The highest BCUT2D eigenvalue weighted by atomic mass is 16.5. The molecule has 0 heterocycles. The Morgan fingerprint density at radius 2 is 1.72 bits per heavy atom. The van der Waals surface area contributed by atoms with E-state index < -0.39 is 0 Å². The Hall–Kier alpha value is -3.02. The maximum atomic E-state index is 12.0. The lowest BCUT2D eigenvalue weighted by molar-refractivity contribution is -0.123. The van der Waals surface area contributed by atoms with Crippen LogP contribution in [0, 0.1) is 0 Å². The summed E-state index contributed by atoms with van der Waals surface area (Å²) < 4.78 is 5.51. The van der Waals surface area contributed by atoms with Crippen LogP contribution in [0.15, 0.2) is 48.5 Å². The number of carbonyl (C=O) groups excluding carboxylic acids is 2. The Morgan fingerprint density at radius 1 is 1.04 bits per heavy atom. The van der Waals surface area contributed by atoms with Gasteiger partial charge in [-0.2, -0.15) is 0 Å². The number of rotatable bonds is 7. The van der Waals surface area contributed by atoms with Crippen molar-refractivity contribution in [1.82, 2.24) is 5.32 Å². The zero-order chi connectivity index (χ0) is 18.2. The summed E-state index contributed by atoms with van der Waals surface area (Å²) in [4.78, 5) is 25.2. The van der Waals surface area contributed by atoms with Gasteiger partial charge in [0.1, 0.15) is 5.75 Å². The molecule has 0 bridgehead atoms. The third-order valence-corrected chi connectivity index (χ3v) is 3.50. The number of hydrogen-bond acceptors (Lipinski definition) is 4. The van der Waals surface area contributed by atoms with Gasteiger partial charge in [-0.25, -0.2) is 0 Å². The van der Waals surface area contributed by atoms with Crippen LogP contribution in [-0.4, -0.2) is 32.5 Å². The molecule has 0 unspecified atom stereocenters. The molecule has 0 radical (unpaired) electrons. The van der Waals surface area contributed by atoms with Gasteiger partial charge < -0.3 is 20.3 Å². The van der Waals surface area contributed by atoms with E-state index >= 15 is 0 Å². The van der Waals surface area contributed by atoms with E-state index in [9.17, 15) is 9.59 Å². The first-order valence-electron chi connectivity index (χ1n) is 7.98. The van der Waals surface area contributed by atoms with Crippen molar-refractivity contribution in [3.05, 3.63) is 54.1 Å². The maximum Gasteiger partial charge on any atom is 0.258 e. The van der Waals surface area contributed by atoms with Crippen LogP contribution in [0.3, 0.4) is 0 Å². The summed E-state index contributed by atoms with van der Waals surface area (Å²) in [5, 5.41) is 5.48. The fourth-order valence-electron chi connectivity index (χ4n) is 2.19. The summed E-state index contributed by atoms with van der Waals surface area (Å²) in [7, 11) is 3.96. The van der Waals surface area contributed by atoms with Gasteiger partial charge in [0, 0.05) is 33.3 Å². The van der Waals surface area contributed by atoms with Crippen molar-refractivity contribution in [3.8, 4) is 5.75 Å². The van der Waals surface area contributed by atoms with Gasteiger partial charge in [-0.1, -0.05) is 24.3 Å². The molecule has 2 amide bonds. The van der Waals surface area contributed by atoms with Crippen molar-refractivity contribution in [3.63, 3.8) is 0 Å². The first kappa shape index (κ1) is 18.3. The van der Waals surface area contributed by atoms with Crippen molar-refractivity contribution in [2.45, 2.75) is 13.5 Å². The van der Waals surface area contributed by atoms with E-state index in [0.29, 0.717) is 18.0 Å². The largest absolute Gasteiger partial charge is 0.482 e. The molecule has 0 spiro atoms. The molecule has 0 aliphatic rings. The number of anilines is 2. The lowest BCUT2D eigenvalue weighted by Gasteiger charge is -2.13. The lowest BCUT2D eigenvalue weighted by Crippen LogP contribution is -2.28. The second kappa shape index (κ2) is 8.73. The fourth-order valence-corrected chi connectivity index (χ4v) is 2.19. The van der Waals surface area contributed by atoms with E-state index in [2.05, 4.69) is 10.6 Å². The minimum Gasteiger partial charge on any atom is -0.482 e. The van der Waals surface area contributed by atoms with Crippen LogP contribution < -0.4 is 20.3 Å². The van der Waals surface area contributed by atoms with Crippen LogP contribution in [-0.2, 0) is 16.1 Å². The minimum absolute atomic E-state index is 0.119. The van der Waals surface area contributed by atoms with Crippen LogP contribution in [0.5, 0.6) is 5.75 Å². The molecule has 6 heteroatoms. The average molecular weight is 341 g/mol. The summed E-state index contributed by atoms with van der Waals surface area (Å²) in [5.74, 6) is 0.0409. The molecular formula is C19H23N3O3. The Morgan fingerprint density at radius 3 is 2.36 bits per heavy atom. The standard InChI is InChI=1S/C19H23N3O3/c1-14(23)21-17-6-4-5-7-18(17)25-13-19(24)20-12-15-8-10-16(11-9-15)22(2)3/h4-11H,12-13H2,1-3H3,(H,20,24)(H,21,23). The van der Waals surface area contributed by atoms with Gasteiger partial charge in [0.25, 0.3) is 5.91 Å². The molecule has 0 fully saturated rings. The van der Waals surface area contributed by atoms with Crippen molar-refractivity contribution >= 4 is 23.2 Å². The van der Waals surface area contributed by atoms with E-state index in [1.165, 1.54) is 6.92 Å². The quantitative estimate of drug-likeness (QED) is 0.811. The summed E-state index contributed by atoms with van der Waals surface area (Å²) in [6, 6.07) is 15.0. The molecule has 0 saturated carbocycles. The Kier molecular flexibility index (Phi) is 6.39. The Balaban J connectivity index is 1.84. The highest BCUT2D eigenvalue weighted by Crippen LogP contribution is 2.23. The molecular weight excluding hydrogens is 318 g/mol. The summed E-state index contributed by atoms with van der Waals surface area (Å²) in [5.41, 5.74) is 2.66. The van der Waals surface area contributed by atoms with Gasteiger partial charge in [-0.05, 0) is 29.8 Å². The Labute approximate surface area is 147 Å². The first-order chi connectivity index (χ1) is 12.0. The SMILES string of the molecule is CC(=O)Nc1ccccc1OCC(=O)NCc1ccc(N(C)C)cc1. The van der Waals surface area contributed by atoms with Gasteiger partial charge in [-0.15, -0.1) is 0 Å². The molecule has 0 aromatic heterocycles.